The fraction of sp³-hybridized carbons (Fsp3) is 0.500. The van der Waals surface area contributed by atoms with E-state index in [0.717, 1.165) is 17.3 Å². The van der Waals surface area contributed by atoms with Gasteiger partial charge in [-0.25, -0.2) is 0 Å². The zero-order valence-electron chi connectivity index (χ0n) is 7.93. The molecule has 0 bridgehead atoms. The third kappa shape index (κ3) is 3.35. The van der Waals surface area contributed by atoms with Crippen LogP contribution in [0.2, 0.25) is 0 Å². The lowest BCUT2D eigenvalue weighted by molar-refractivity contribution is -0.118. The highest BCUT2D eigenvalue weighted by Gasteiger charge is 2.12. The monoisotopic (exact) mass is 243 g/mol. The van der Waals surface area contributed by atoms with Gasteiger partial charge in [-0.1, -0.05) is 28.9 Å². The highest BCUT2D eigenvalue weighted by Crippen LogP contribution is 2.30. The summed E-state index contributed by atoms with van der Waals surface area (Å²) in [6.07, 6.45) is 6.14. The van der Waals surface area contributed by atoms with Crippen LogP contribution in [0.5, 0.6) is 0 Å². The molecule has 1 rings (SSSR count). The van der Waals surface area contributed by atoms with Gasteiger partial charge in [0.2, 0.25) is 5.91 Å². The Bertz CT molecular complexity index is 268. The summed E-state index contributed by atoms with van der Waals surface area (Å²) >= 11 is 3.49. The molecule has 0 radical (unpaired) electrons. The number of carbonyl (C=O) groups excluding carboxylic acids is 1. The smallest absolute Gasteiger partial charge is 0.220 e. The second kappa shape index (κ2) is 4.61. The van der Waals surface area contributed by atoms with Crippen molar-refractivity contribution < 1.29 is 4.79 Å². The summed E-state index contributed by atoms with van der Waals surface area (Å²) in [6.45, 7) is 3.70. The Morgan fingerprint density at radius 3 is 3.00 bits per heavy atom. The highest BCUT2D eigenvalue weighted by molar-refractivity contribution is 9.12. The number of nitrogens with one attached hydrogen (secondary N) is 1. The SMILES string of the molecule is CC(=O)N/C=C1/CC[C@@H](C)C=C1Br. The number of allylic oxidation sites excluding steroid dienone is 3. The van der Waals surface area contributed by atoms with Crippen molar-refractivity contribution in [2.24, 2.45) is 5.92 Å². The standard InChI is InChI=1S/C10H14BrNO/c1-7-3-4-9(10(11)5-7)6-12-8(2)13/h5-7H,3-4H2,1-2H3,(H,12,13)/b9-6-/t7-/m1/s1. The predicted molar refractivity (Wildman–Crippen MR) is 57.3 cm³/mol. The minimum Gasteiger partial charge on any atom is -0.333 e. The minimum absolute atomic E-state index is 0.0218. The Morgan fingerprint density at radius 1 is 1.77 bits per heavy atom. The summed E-state index contributed by atoms with van der Waals surface area (Å²) in [7, 11) is 0. The molecular formula is C10H14BrNO. The third-order valence-corrected chi connectivity index (χ3v) is 2.83. The molecule has 1 aliphatic carbocycles. The number of hydrogen-bond acceptors (Lipinski definition) is 1. The van der Waals surface area contributed by atoms with Crippen molar-refractivity contribution in [3.05, 3.63) is 22.3 Å². The normalized spacial score (nSPS) is 25.6. The molecule has 0 unspecified atom stereocenters. The fourth-order valence-electron chi connectivity index (χ4n) is 1.27. The van der Waals surface area contributed by atoms with E-state index in [1.807, 2.05) is 0 Å². The van der Waals surface area contributed by atoms with Gasteiger partial charge < -0.3 is 5.32 Å². The quantitative estimate of drug-likeness (QED) is 0.754. The summed E-state index contributed by atoms with van der Waals surface area (Å²) < 4.78 is 1.11. The van der Waals surface area contributed by atoms with Gasteiger partial charge in [-0.3, -0.25) is 4.79 Å². The van der Waals surface area contributed by atoms with E-state index in [1.165, 1.54) is 12.5 Å². The van der Waals surface area contributed by atoms with Crippen LogP contribution in [-0.4, -0.2) is 5.91 Å². The van der Waals surface area contributed by atoms with Crippen LogP contribution in [0.25, 0.3) is 0 Å². The van der Waals surface area contributed by atoms with Gasteiger partial charge in [0.15, 0.2) is 0 Å². The zero-order chi connectivity index (χ0) is 9.84. The number of hydrogen-bond donors (Lipinski definition) is 1. The van der Waals surface area contributed by atoms with Crippen molar-refractivity contribution in [2.75, 3.05) is 0 Å². The third-order valence-electron chi connectivity index (χ3n) is 2.06. The Balaban J connectivity index is 2.66. The Morgan fingerprint density at radius 2 is 2.46 bits per heavy atom. The first-order valence-corrected chi connectivity index (χ1v) is 5.22. The molecule has 1 atom stereocenters. The lowest BCUT2D eigenvalue weighted by Crippen LogP contribution is -2.14. The fourth-order valence-corrected chi connectivity index (χ4v) is 2.04. The van der Waals surface area contributed by atoms with Gasteiger partial charge >= 0.3 is 0 Å². The van der Waals surface area contributed by atoms with E-state index in [-0.39, 0.29) is 5.91 Å². The van der Waals surface area contributed by atoms with Crippen LogP contribution in [0, 0.1) is 5.92 Å². The molecule has 0 saturated carbocycles. The van der Waals surface area contributed by atoms with Gasteiger partial charge in [0.25, 0.3) is 0 Å². The molecule has 0 heterocycles. The molecule has 1 N–H and O–H groups in total. The molecule has 1 amide bonds. The number of rotatable bonds is 1. The molecule has 0 aromatic heterocycles. The van der Waals surface area contributed by atoms with Gasteiger partial charge in [-0.05, 0) is 24.3 Å². The maximum atomic E-state index is 10.7. The van der Waals surface area contributed by atoms with Crippen molar-refractivity contribution in [1.82, 2.24) is 5.32 Å². The molecule has 0 fully saturated rings. The van der Waals surface area contributed by atoms with E-state index in [9.17, 15) is 4.79 Å². The maximum Gasteiger partial charge on any atom is 0.220 e. The molecule has 0 aromatic carbocycles. The van der Waals surface area contributed by atoms with Gasteiger partial charge in [0.05, 0.1) is 0 Å². The molecule has 2 nitrogen and oxygen atoms in total. The Kier molecular flexibility index (Phi) is 3.72. The second-order valence-corrected chi connectivity index (χ2v) is 4.25. The summed E-state index contributed by atoms with van der Waals surface area (Å²) in [5, 5.41) is 2.69. The first kappa shape index (κ1) is 10.5. The molecule has 1 aliphatic rings. The van der Waals surface area contributed by atoms with Gasteiger partial charge in [0, 0.05) is 17.6 Å². The highest BCUT2D eigenvalue weighted by atomic mass is 79.9. The molecule has 72 valence electrons. The topological polar surface area (TPSA) is 29.1 Å². The summed E-state index contributed by atoms with van der Waals surface area (Å²) in [5.74, 6) is 0.607. The second-order valence-electron chi connectivity index (χ2n) is 3.40. The number of halogens is 1. The van der Waals surface area contributed by atoms with Gasteiger partial charge in [-0.15, -0.1) is 0 Å². The van der Waals surface area contributed by atoms with Crippen molar-refractivity contribution in [3.63, 3.8) is 0 Å². The molecule has 0 saturated heterocycles. The number of amides is 1. The lowest BCUT2D eigenvalue weighted by atomic mass is 9.94. The summed E-state index contributed by atoms with van der Waals surface area (Å²) in [4.78, 5) is 10.7. The lowest BCUT2D eigenvalue weighted by Gasteiger charge is -2.17. The maximum absolute atomic E-state index is 10.7. The van der Waals surface area contributed by atoms with Crippen LogP contribution in [0.4, 0.5) is 0 Å². The molecule has 3 heteroatoms. The Hall–Kier alpha value is -0.570. The Labute approximate surface area is 87.2 Å². The molecular weight excluding hydrogens is 230 g/mol. The number of carbonyl (C=O) groups is 1. The van der Waals surface area contributed by atoms with E-state index in [1.54, 1.807) is 6.20 Å². The average molecular weight is 244 g/mol. The predicted octanol–water partition coefficient (Wildman–Crippen LogP) is 2.72. The van der Waals surface area contributed by atoms with Crippen LogP contribution < -0.4 is 5.32 Å². The summed E-state index contributed by atoms with van der Waals surface area (Å²) in [5.41, 5.74) is 1.17. The van der Waals surface area contributed by atoms with Crippen LogP contribution in [0.15, 0.2) is 22.3 Å². The molecule has 0 aliphatic heterocycles. The zero-order valence-corrected chi connectivity index (χ0v) is 9.52. The van der Waals surface area contributed by atoms with E-state index >= 15 is 0 Å². The van der Waals surface area contributed by atoms with E-state index in [4.69, 9.17) is 0 Å². The van der Waals surface area contributed by atoms with E-state index in [2.05, 4.69) is 34.2 Å². The van der Waals surface area contributed by atoms with E-state index < -0.39 is 0 Å². The van der Waals surface area contributed by atoms with Crippen molar-refractivity contribution in [1.29, 1.82) is 0 Å². The first-order valence-electron chi connectivity index (χ1n) is 4.43. The minimum atomic E-state index is -0.0218. The van der Waals surface area contributed by atoms with Crippen LogP contribution in [-0.2, 0) is 4.79 Å². The average Bonchev–Trinajstić information content (AvgIpc) is 2.02. The van der Waals surface area contributed by atoms with Crippen LogP contribution in [0.3, 0.4) is 0 Å². The van der Waals surface area contributed by atoms with Gasteiger partial charge in [0.1, 0.15) is 0 Å². The van der Waals surface area contributed by atoms with E-state index in [0.29, 0.717) is 5.92 Å². The van der Waals surface area contributed by atoms with Crippen molar-refractivity contribution in [2.45, 2.75) is 26.7 Å². The van der Waals surface area contributed by atoms with Crippen molar-refractivity contribution in [3.8, 4) is 0 Å². The first-order chi connectivity index (χ1) is 6.09. The summed E-state index contributed by atoms with van der Waals surface area (Å²) in [6, 6.07) is 0. The van der Waals surface area contributed by atoms with Gasteiger partial charge in [-0.2, -0.15) is 0 Å². The van der Waals surface area contributed by atoms with Crippen molar-refractivity contribution >= 4 is 21.8 Å². The van der Waals surface area contributed by atoms with Crippen LogP contribution in [0.1, 0.15) is 26.7 Å². The van der Waals surface area contributed by atoms with Crippen LogP contribution >= 0.6 is 15.9 Å². The molecule has 0 aromatic rings. The molecule has 0 spiro atoms. The largest absolute Gasteiger partial charge is 0.333 e. The molecule has 13 heavy (non-hydrogen) atoms.